The fraction of sp³-hybridized carbons (Fsp3) is 0.923. The summed E-state index contributed by atoms with van der Waals surface area (Å²) in [4.78, 5) is 15.9. The quantitative estimate of drug-likeness (QED) is 0.736. The van der Waals surface area contributed by atoms with Crippen LogP contribution in [-0.2, 0) is 4.79 Å². The number of carbonyl (C=O) groups is 1. The zero-order valence-corrected chi connectivity index (χ0v) is 11.2. The van der Waals surface area contributed by atoms with Gasteiger partial charge < -0.3 is 4.90 Å². The molecule has 2 atom stereocenters. The van der Waals surface area contributed by atoms with Crippen LogP contribution in [0.15, 0.2) is 0 Å². The summed E-state index contributed by atoms with van der Waals surface area (Å²) in [5.41, 5.74) is 0. The van der Waals surface area contributed by atoms with Gasteiger partial charge in [-0.15, -0.1) is 0 Å². The number of hydrogen-bond acceptors (Lipinski definition) is 2. The van der Waals surface area contributed by atoms with Crippen molar-refractivity contribution in [1.82, 2.24) is 9.80 Å². The van der Waals surface area contributed by atoms with Gasteiger partial charge in [-0.2, -0.15) is 0 Å². The molecule has 2 fully saturated rings. The standard InChI is InChI=1S/C11H20N2O.C2H6/c1-3-4-5-12-7-11-6-10(12)8-13(11)9(2)14;1-2/h10-11H,3-8H2,1-2H3;1-2H3. The lowest BCUT2D eigenvalue weighted by atomic mass is 10.2. The van der Waals surface area contributed by atoms with Crippen LogP contribution in [0.3, 0.4) is 0 Å². The summed E-state index contributed by atoms with van der Waals surface area (Å²) in [5.74, 6) is 0.257. The number of piperazine rings is 1. The highest BCUT2D eigenvalue weighted by molar-refractivity contribution is 5.74. The van der Waals surface area contributed by atoms with Gasteiger partial charge in [0.25, 0.3) is 0 Å². The first-order chi connectivity index (χ1) is 7.72. The van der Waals surface area contributed by atoms with Crippen LogP contribution in [0, 0.1) is 0 Å². The summed E-state index contributed by atoms with van der Waals surface area (Å²) in [5, 5.41) is 0. The molecule has 2 heterocycles. The molecule has 0 aromatic carbocycles. The van der Waals surface area contributed by atoms with Gasteiger partial charge in [-0.1, -0.05) is 27.2 Å². The Morgan fingerprint density at radius 2 is 1.94 bits per heavy atom. The van der Waals surface area contributed by atoms with Gasteiger partial charge in [0.1, 0.15) is 0 Å². The Bertz CT molecular complexity index is 230. The highest BCUT2D eigenvalue weighted by Gasteiger charge is 2.43. The highest BCUT2D eigenvalue weighted by Crippen LogP contribution is 2.30. The molecule has 0 spiro atoms. The summed E-state index contributed by atoms with van der Waals surface area (Å²) in [6, 6.07) is 1.19. The molecule has 2 unspecified atom stereocenters. The van der Waals surface area contributed by atoms with Gasteiger partial charge in [0.05, 0.1) is 0 Å². The zero-order valence-electron chi connectivity index (χ0n) is 11.2. The number of likely N-dealkylation sites (tertiary alicyclic amines) is 2. The number of amides is 1. The first-order valence-electron chi connectivity index (χ1n) is 6.73. The second-order valence-electron chi connectivity index (χ2n) is 4.56. The molecule has 2 aliphatic heterocycles. The fourth-order valence-corrected chi connectivity index (χ4v) is 2.77. The first kappa shape index (κ1) is 13.5. The number of fused-ring (bicyclic) bond motifs is 2. The van der Waals surface area contributed by atoms with Gasteiger partial charge in [0.15, 0.2) is 0 Å². The normalized spacial score (nSPS) is 27.9. The summed E-state index contributed by atoms with van der Waals surface area (Å²) >= 11 is 0. The highest BCUT2D eigenvalue weighted by atomic mass is 16.2. The van der Waals surface area contributed by atoms with Gasteiger partial charge in [0, 0.05) is 32.1 Å². The maximum atomic E-state index is 11.3. The molecule has 0 aromatic heterocycles. The van der Waals surface area contributed by atoms with Crippen LogP contribution < -0.4 is 0 Å². The summed E-state index contributed by atoms with van der Waals surface area (Å²) in [6.07, 6.45) is 3.77. The number of rotatable bonds is 3. The van der Waals surface area contributed by atoms with Gasteiger partial charge in [-0.05, 0) is 19.4 Å². The minimum atomic E-state index is 0.257. The van der Waals surface area contributed by atoms with Crippen molar-refractivity contribution in [3.8, 4) is 0 Å². The topological polar surface area (TPSA) is 23.6 Å². The van der Waals surface area contributed by atoms with E-state index in [-0.39, 0.29) is 5.91 Å². The molecular formula is C13H26N2O. The molecule has 3 nitrogen and oxygen atoms in total. The van der Waals surface area contributed by atoms with E-state index >= 15 is 0 Å². The fourth-order valence-electron chi connectivity index (χ4n) is 2.77. The smallest absolute Gasteiger partial charge is 0.219 e. The van der Waals surface area contributed by atoms with E-state index in [4.69, 9.17) is 0 Å². The molecule has 0 saturated carbocycles. The molecule has 2 bridgehead atoms. The molecular weight excluding hydrogens is 200 g/mol. The minimum absolute atomic E-state index is 0.257. The van der Waals surface area contributed by atoms with E-state index in [1.54, 1.807) is 6.92 Å². The molecule has 0 aliphatic carbocycles. The number of nitrogens with zero attached hydrogens (tertiary/aromatic N) is 2. The van der Waals surface area contributed by atoms with E-state index in [1.807, 2.05) is 18.7 Å². The third kappa shape index (κ3) is 2.76. The maximum absolute atomic E-state index is 11.3. The minimum Gasteiger partial charge on any atom is -0.337 e. The number of unbranched alkanes of at least 4 members (excludes halogenated alkanes) is 1. The van der Waals surface area contributed by atoms with Crippen molar-refractivity contribution in [2.45, 2.75) is 59.0 Å². The Labute approximate surface area is 99.8 Å². The van der Waals surface area contributed by atoms with Crippen molar-refractivity contribution < 1.29 is 4.79 Å². The maximum Gasteiger partial charge on any atom is 0.219 e. The third-order valence-corrected chi connectivity index (χ3v) is 3.56. The van der Waals surface area contributed by atoms with Crippen LogP contribution >= 0.6 is 0 Å². The van der Waals surface area contributed by atoms with Crippen molar-refractivity contribution >= 4 is 5.91 Å². The van der Waals surface area contributed by atoms with E-state index in [1.165, 1.54) is 25.8 Å². The van der Waals surface area contributed by atoms with Crippen LogP contribution in [0.5, 0.6) is 0 Å². The predicted molar refractivity (Wildman–Crippen MR) is 67.4 cm³/mol. The molecule has 16 heavy (non-hydrogen) atoms. The lowest BCUT2D eigenvalue weighted by Gasteiger charge is -2.33. The molecule has 2 aliphatic rings. The van der Waals surface area contributed by atoms with E-state index in [2.05, 4.69) is 11.8 Å². The second kappa shape index (κ2) is 6.24. The number of hydrogen-bond donors (Lipinski definition) is 0. The number of carbonyl (C=O) groups excluding carboxylic acids is 1. The predicted octanol–water partition coefficient (Wildman–Crippen LogP) is 2.12. The molecule has 2 saturated heterocycles. The molecule has 0 aromatic rings. The Hall–Kier alpha value is -0.570. The largest absolute Gasteiger partial charge is 0.337 e. The van der Waals surface area contributed by atoms with Crippen LogP contribution in [0.4, 0.5) is 0 Å². The Kier molecular flexibility index (Phi) is 5.26. The summed E-state index contributed by atoms with van der Waals surface area (Å²) < 4.78 is 0. The third-order valence-electron chi connectivity index (χ3n) is 3.56. The van der Waals surface area contributed by atoms with Crippen molar-refractivity contribution in [3.05, 3.63) is 0 Å². The second-order valence-corrected chi connectivity index (χ2v) is 4.56. The lowest BCUT2D eigenvalue weighted by Crippen LogP contribution is -2.48. The molecule has 2 rings (SSSR count). The average Bonchev–Trinajstić information content (AvgIpc) is 2.88. The van der Waals surface area contributed by atoms with Crippen molar-refractivity contribution in [1.29, 1.82) is 0 Å². The average molecular weight is 226 g/mol. The summed E-state index contributed by atoms with van der Waals surface area (Å²) in [6.45, 7) is 11.2. The van der Waals surface area contributed by atoms with Crippen LogP contribution in [-0.4, -0.2) is 47.4 Å². The van der Waals surface area contributed by atoms with E-state index in [0.717, 1.165) is 13.1 Å². The van der Waals surface area contributed by atoms with Gasteiger partial charge in [-0.25, -0.2) is 0 Å². The van der Waals surface area contributed by atoms with E-state index in [9.17, 15) is 4.79 Å². The van der Waals surface area contributed by atoms with Crippen LogP contribution in [0.2, 0.25) is 0 Å². The SMILES string of the molecule is CC.CCCCN1CC2CC1CN2C(C)=O. The first-order valence-corrected chi connectivity index (χ1v) is 6.73. The summed E-state index contributed by atoms with van der Waals surface area (Å²) in [7, 11) is 0. The van der Waals surface area contributed by atoms with Crippen LogP contribution in [0.1, 0.15) is 47.0 Å². The van der Waals surface area contributed by atoms with E-state index < -0.39 is 0 Å². The van der Waals surface area contributed by atoms with Crippen molar-refractivity contribution in [2.24, 2.45) is 0 Å². The molecule has 0 N–H and O–H groups in total. The molecule has 0 radical (unpaired) electrons. The van der Waals surface area contributed by atoms with Crippen LogP contribution in [0.25, 0.3) is 0 Å². The zero-order chi connectivity index (χ0) is 12.1. The van der Waals surface area contributed by atoms with E-state index in [0.29, 0.717) is 12.1 Å². The Morgan fingerprint density at radius 3 is 2.38 bits per heavy atom. The van der Waals surface area contributed by atoms with Gasteiger partial charge in [-0.3, -0.25) is 9.69 Å². The molecule has 94 valence electrons. The van der Waals surface area contributed by atoms with Crippen molar-refractivity contribution in [3.63, 3.8) is 0 Å². The molecule has 1 amide bonds. The molecule has 3 heteroatoms. The van der Waals surface area contributed by atoms with Gasteiger partial charge in [0.2, 0.25) is 5.91 Å². The van der Waals surface area contributed by atoms with Crippen molar-refractivity contribution in [2.75, 3.05) is 19.6 Å². The Morgan fingerprint density at radius 1 is 1.25 bits per heavy atom. The Balaban J connectivity index is 0.000000606. The lowest BCUT2D eigenvalue weighted by molar-refractivity contribution is -0.131. The monoisotopic (exact) mass is 226 g/mol. The van der Waals surface area contributed by atoms with Gasteiger partial charge >= 0.3 is 0 Å².